The minimum absolute atomic E-state index is 0.208. The van der Waals surface area contributed by atoms with Crippen LogP contribution in [0.25, 0.3) is 0 Å². The number of nitrogens with zero attached hydrogens (tertiary/aromatic N) is 3. The molecule has 0 aromatic carbocycles. The van der Waals surface area contributed by atoms with E-state index in [1.807, 2.05) is 31.2 Å². The van der Waals surface area contributed by atoms with Gasteiger partial charge in [-0.2, -0.15) is 0 Å². The molecule has 198 valence electrons. The molecule has 1 unspecified atom stereocenters. The molecule has 10 nitrogen and oxygen atoms in total. The highest BCUT2D eigenvalue weighted by molar-refractivity contribution is 5.99. The van der Waals surface area contributed by atoms with Crippen molar-refractivity contribution < 1.29 is 33.7 Å². The molecule has 10 heteroatoms. The van der Waals surface area contributed by atoms with Gasteiger partial charge in [0.05, 0.1) is 44.5 Å². The molecule has 36 heavy (non-hydrogen) atoms. The summed E-state index contributed by atoms with van der Waals surface area (Å²) in [7, 11) is 0. The summed E-state index contributed by atoms with van der Waals surface area (Å²) in [6, 6.07) is -1.50. The highest BCUT2D eigenvalue weighted by Crippen LogP contribution is 2.53. The number of likely N-dealkylation sites (tertiary alicyclic amines) is 1. The molecule has 0 aromatic heterocycles. The third-order valence-corrected chi connectivity index (χ3v) is 8.24. The number of amides is 2. The molecule has 2 amide bonds. The molecule has 3 fully saturated rings. The number of aliphatic hydroxyl groups excluding tert-OH is 1. The largest absolute Gasteiger partial charge is 0.465 e. The summed E-state index contributed by atoms with van der Waals surface area (Å²) in [5.74, 6) is -2.73. The van der Waals surface area contributed by atoms with Crippen molar-refractivity contribution in [3.8, 4) is 0 Å². The maximum Gasteiger partial charge on any atom is 0.312 e. The molecular formula is C26H37N3O7. The van der Waals surface area contributed by atoms with E-state index in [0.29, 0.717) is 45.7 Å². The number of hydrogen-bond donors (Lipinski definition) is 1. The first kappa shape index (κ1) is 25.4. The second kappa shape index (κ2) is 10.6. The third kappa shape index (κ3) is 4.27. The zero-order chi connectivity index (χ0) is 25.3. The number of ether oxygens (including phenoxy) is 3. The second-order valence-corrected chi connectivity index (χ2v) is 10.2. The molecule has 5 aliphatic heterocycles. The standard InChI is InChI=1S/C26H37N3O7/c1-2-18(17-30)29-22-24(32)28(11-10-27-12-15-34-16-13-27)9-6-8-26(22)21(23(29)31)20-19(36-26)7-4-3-5-14-35-25(20)33/h4,6-8,18-22,30H,2-3,5,9-17H2,1H3/b7-4-/t18-,19+,20-,21-,22?,26-/m0/s1. The maximum atomic E-state index is 14.2. The fourth-order valence-corrected chi connectivity index (χ4v) is 6.33. The van der Waals surface area contributed by atoms with Crippen molar-refractivity contribution >= 4 is 17.8 Å². The maximum absolute atomic E-state index is 14.2. The lowest BCUT2D eigenvalue weighted by atomic mass is 9.78. The first-order valence-electron chi connectivity index (χ1n) is 13.2. The highest BCUT2D eigenvalue weighted by atomic mass is 16.6. The Labute approximate surface area is 211 Å². The van der Waals surface area contributed by atoms with E-state index in [0.717, 1.165) is 19.5 Å². The zero-order valence-corrected chi connectivity index (χ0v) is 20.9. The topological polar surface area (TPSA) is 109 Å². The van der Waals surface area contributed by atoms with Crippen molar-refractivity contribution in [2.75, 3.05) is 59.2 Å². The SMILES string of the molecule is CC[C@@H](CO)N1C(=O)[C@@H]2[C@H]3C(=O)OCCC/C=C\[C@H]3O[C@@]23C=CCN(CCN2CCOCC2)C(=O)C13. The molecule has 5 heterocycles. The van der Waals surface area contributed by atoms with Crippen LogP contribution in [0.2, 0.25) is 0 Å². The number of carbonyl (C=O) groups is 3. The Bertz CT molecular complexity index is 913. The number of allylic oxidation sites excluding steroid dienone is 1. The van der Waals surface area contributed by atoms with Crippen molar-refractivity contribution in [2.45, 2.75) is 50.0 Å². The van der Waals surface area contributed by atoms with E-state index < -0.39 is 41.6 Å². The van der Waals surface area contributed by atoms with Crippen molar-refractivity contribution in [2.24, 2.45) is 11.8 Å². The first-order chi connectivity index (χ1) is 17.5. The normalized spacial score (nSPS) is 36.8. The Morgan fingerprint density at radius 3 is 2.67 bits per heavy atom. The summed E-state index contributed by atoms with van der Waals surface area (Å²) >= 11 is 0. The molecule has 0 aromatic rings. The van der Waals surface area contributed by atoms with Crippen LogP contribution in [0, 0.1) is 11.8 Å². The van der Waals surface area contributed by atoms with Gasteiger partial charge in [0.1, 0.15) is 17.6 Å². The van der Waals surface area contributed by atoms with Crippen molar-refractivity contribution in [3.05, 3.63) is 24.3 Å². The lowest BCUT2D eigenvalue weighted by Gasteiger charge is -2.38. The number of fused-ring (bicyclic) bond motifs is 2. The molecule has 5 aliphatic rings. The molecule has 1 N–H and O–H groups in total. The minimum atomic E-state index is -1.29. The lowest BCUT2D eigenvalue weighted by Crippen LogP contribution is -2.58. The molecule has 1 spiro atoms. The summed E-state index contributed by atoms with van der Waals surface area (Å²) in [5, 5.41) is 10.2. The van der Waals surface area contributed by atoms with E-state index in [1.165, 1.54) is 4.90 Å². The summed E-state index contributed by atoms with van der Waals surface area (Å²) in [5.41, 5.74) is -1.29. The molecule has 6 atom stereocenters. The number of cyclic esters (lactones) is 1. The van der Waals surface area contributed by atoms with Crippen LogP contribution >= 0.6 is 0 Å². The van der Waals surface area contributed by atoms with Gasteiger partial charge in [0.25, 0.3) is 0 Å². The van der Waals surface area contributed by atoms with Crippen molar-refractivity contribution in [1.82, 2.24) is 14.7 Å². The number of esters is 1. The monoisotopic (exact) mass is 503 g/mol. The molecule has 0 saturated carbocycles. The predicted octanol–water partition coefficient (Wildman–Crippen LogP) is -0.0381. The quantitative estimate of drug-likeness (QED) is 0.398. The van der Waals surface area contributed by atoms with Crippen LogP contribution in [0.15, 0.2) is 24.3 Å². The molecule has 0 bridgehead atoms. The molecule has 0 aliphatic carbocycles. The van der Waals surface area contributed by atoms with Gasteiger partial charge in [-0.3, -0.25) is 19.3 Å². The van der Waals surface area contributed by atoms with Gasteiger partial charge in [-0.05, 0) is 19.3 Å². The van der Waals surface area contributed by atoms with Gasteiger partial charge >= 0.3 is 5.97 Å². The van der Waals surface area contributed by atoms with E-state index in [1.54, 1.807) is 4.90 Å². The van der Waals surface area contributed by atoms with Crippen LogP contribution in [0.1, 0.15) is 26.2 Å². The number of morpholine rings is 1. The number of hydrogen-bond acceptors (Lipinski definition) is 8. The molecule has 3 saturated heterocycles. The van der Waals surface area contributed by atoms with Crippen LogP contribution in [-0.4, -0.2) is 121 Å². The number of aliphatic hydroxyl groups is 1. The van der Waals surface area contributed by atoms with Crippen LogP contribution in [-0.2, 0) is 28.6 Å². The smallest absolute Gasteiger partial charge is 0.312 e. The average molecular weight is 504 g/mol. The van der Waals surface area contributed by atoms with E-state index in [-0.39, 0.29) is 25.0 Å². The fourth-order valence-electron chi connectivity index (χ4n) is 6.33. The van der Waals surface area contributed by atoms with Crippen LogP contribution in [0.4, 0.5) is 0 Å². The fraction of sp³-hybridized carbons (Fsp3) is 0.731. The van der Waals surface area contributed by atoms with Crippen LogP contribution in [0.5, 0.6) is 0 Å². The van der Waals surface area contributed by atoms with E-state index in [2.05, 4.69) is 4.90 Å². The van der Waals surface area contributed by atoms with E-state index in [4.69, 9.17) is 14.2 Å². The molecule has 5 rings (SSSR count). The third-order valence-electron chi connectivity index (χ3n) is 8.24. The van der Waals surface area contributed by atoms with E-state index in [9.17, 15) is 19.5 Å². The second-order valence-electron chi connectivity index (χ2n) is 10.2. The van der Waals surface area contributed by atoms with Gasteiger partial charge in [-0.1, -0.05) is 31.2 Å². The first-order valence-corrected chi connectivity index (χ1v) is 13.2. The Balaban J connectivity index is 1.50. The van der Waals surface area contributed by atoms with Gasteiger partial charge in [0.15, 0.2) is 0 Å². The van der Waals surface area contributed by atoms with Gasteiger partial charge in [0.2, 0.25) is 11.8 Å². The Morgan fingerprint density at radius 1 is 1.11 bits per heavy atom. The minimum Gasteiger partial charge on any atom is -0.465 e. The summed E-state index contributed by atoms with van der Waals surface area (Å²) in [6.45, 7) is 6.50. The Hall–Kier alpha value is -2.27. The van der Waals surface area contributed by atoms with Crippen LogP contribution in [0.3, 0.4) is 0 Å². The summed E-state index contributed by atoms with van der Waals surface area (Å²) in [6.07, 6.45) is 8.81. The molecular weight excluding hydrogens is 466 g/mol. The molecule has 0 radical (unpaired) electrons. The summed E-state index contributed by atoms with van der Waals surface area (Å²) < 4.78 is 17.5. The average Bonchev–Trinajstić information content (AvgIpc) is 3.30. The predicted molar refractivity (Wildman–Crippen MR) is 129 cm³/mol. The van der Waals surface area contributed by atoms with Gasteiger partial charge in [0, 0.05) is 32.7 Å². The van der Waals surface area contributed by atoms with Crippen LogP contribution < -0.4 is 0 Å². The number of rotatable bonds is 6. The zero-order valence-electron chi connectivity index (χ0n) is 20.9. The Morgan fingerprint density at radius 2 is 1.92 bits per heavy atom. The van der Waals surface area contributed by atoms with Gasteiger partial charge < -0.3 is 29.1 Å². The van der Waals surface area contributed by atoms with Crippen molar-refractivity contribution in [3.63, 3.8) is 0 Å². The highest BCUT2D eigenvalue weighted by Gasteiger charge is 2.72. The lowest BCUT2D eigenvalue weighted by molar-refractivity contribution is -0.156. The Kier molecular flexibility index (Phi) is 7.48. The summed E-state index contributed by atoms with van der Waals surface area (Å²) in [4.78, 5) is 46.9. The van der Waals surface area contributed by atoms with Crippen molar-refractivity contribution in [1.29, 1.82) is 0 Å². The number of carbonyl (C=O) groups excluding carboxylic acids is 3. The van der Waals surface area contributed by atoms with Gasteiger partial charge in [-0.25, -0.2) is 0 Å². The van der Waals surface area contributed by atoms with Gasteiger partial charge in [-0.15, -0.1) is 0 Å². The van der Waals surface area contributed by atoms with E-state index >= 15 is 0 Å².